The van der Waals surface area contributed by atoms with Gasteiger partial charge in [-0.15, -0.1) is 0 Å². The van der Waals surface area contributed by atoms with E-state index in [4.69, 9.17) is 35.4 Å². The zero-order valence-electron chi connectivity index (χ0n) is 14.3. The van der Waals surface area contributed by atoms with Gasteiger partial charge < -0.3 is 15.5 Å². The van der Waals surface area contributed by atoms with Crippen LogP contribution in [0.4, 0.5) is 11.4 Å². The van der Waals surface area contributed by atoms with Crippen LogP contribution in [0.15, 0.2) is 24.4 Å². The van der Waals surface area contributed by atoms with Crippen LogP contribution in [0.5, 0.6) is 0 Å². The summed E-state index contributed by atoms with van der Waals surface area (Å²) in [7, 11) is 1.74. The van der Waals surface area contributed by atoms with E-state index >= 15 is 0 Å². The highest BCUT2D eigenvalue weighted by atomic mass is 35.5. The van der Waals surface area contributed by atoms with Crippen LogP contribution in [-0.4, -0.2) is 38.8 Å². The molecule has 0 radical (unpaired) electrons. The Labute approximate surface area is 167 Å². The number of hydrogen-bond donors (Lipinski definition) is 2. The molecule has 0 saturated carbocycles. The molecular formula is C17H19Cl2N5OS. The van der Waals surface area contributed by atoms with Gasteiger partial charge >= 0.3 is 0 Å². The second kappa shape index (κ2) is 8.24. The number of hydrogen-bond acceptors (Lipinski definition) is 3. The van der Waals surface area contributed by atoms with E-state index < -0.39 is 0 Å². The summed E-state index contributed by atoms with van der Waals surface area (Å²) in [6.07, 6.45) is 4.80. The van der Waals surface area contributed by atoms with Crippen molar-refractivity contribution in [2.75, 3.05) is 23.7 Å². The first kappa shape index (κ1) is 18.9. The van der Waals surface area contributed by atoms with Crippen molar-refractivity contribution >= 4 is 57.8 Å². The van der Waals surface area contributed by atoms with Gasteiger partial charge in [-0.2, -0.15) is 5.10 Å². The summed E-state index contributed by atoms with van der Waals surface area (Å²) in [4.78, 5) is 14.7. The maximum Gasteiger partial charge on any atom is 0.274 e. The van der Waals surface area contributed by atoms with E-state index in [9.17, 15) is 4.79 Å². The molecule has 2 N–H and O–H groups in total. The van der Waals surface area contributed by atoms with Gasteiger partial charge in [0.05, 0.1) is 22.6 Å². The van der Waals surface area contributed by atoms with Gasteiger partial charge in [0.2, 0.25) is 0 Å². The van der Waals surface area contributed by atoms with Crippen LogP contribution in [0.2, 0.25) is 10.0 Å². The molecule has 2 heterocycles. The second-order valence-corrected chi connectivity index (χ2v) is 7.34. The lowest BCUT2D eigenvalue weighted by molar-refractivity contribution is 0.0714. The summed E-state index contributed by atoms with van der Waals surface area (Å²) in [5.41, 5.74) is 1.62. The van der Waals surface area contributed by atoms with Gasteiger partial charge in [0.15, 0.2) is 5.11 Å². The minimum absolute atomic E-state index is 0.0456. The number of thiocarbonyl (C=S) groups is 1. The third-order valence-electron chi connectivity index (χ3n) is 4.21. The van der Waals surface area contributed by atoms with Crippen LogP contribution in [0, 0.1) is 0 Å². The van der Waals surface area contributed by atoms with Crippen molar-refractivity contribution in [1.82, 2.24) is 14.7 Å². The van der Waals surface area contributed by atoms with Crippen LogP contribution in [0.1, 0.15) is 29.8 Å². The van der Waals surface area contributed by atoms with Crippen molar-refractivity contribution in [3.05, 3.63) is 40.1 Å². The minimum Gasteiger partial charge on any atom is -0.337 e. The lowest BCUT2D eigenvalue weighted by atomic mass is 10.1. The predicted molar refractivity (Wildman–Crippen MR) is 109 cm³/mol. The van der Waals surface area contributed by atoms with Crippen LogP contribution in [-0.2, 0) is 7.05 Å². The standard InChI is InChI=1S/C17H19Cl2N5OS/c1-23-15(16(25)24-7-3-2-4-8-24)14(10-20-23)22-17(26)21-13-9-11(18)5-6-12(13)19/h5-6,9-10H,2-4,7-8H2,1H3,(H2,21,22,26). The van der Waals surface area contributed by atoms with Crippen LogP contribution in [0.3, 0.4) is 0 Å². The Balaban J connectivity index is 1.74. The summed E-state index contributed by atoms with van der Waals surface area (Å²) in [6.45, 7) is 1.54. The van der Waals surface area contributed by atoms with E-state index in [-0.39, 0.29) is 5.91 Å². The number of benzene rings is 1. The first-order chi connectivity index (χ1) is 12.5. The van der Waals surface area contributed by atoms with Crippen molar-refractivity contribution in [3.63, 3.8) is 0 Å². The number of likely N-dealkylation sites (tertiary alicyclic amines) is 1. The molecule has 0 aliphatic carbocycles. The van der Waals surface area contributed by atoms with Gasteiger partial charge in [0, 0.05) is 25.2 Å². The van der Waals surface area contributed by atoms with Gasteiger partial charge in [-0.3, -0.25) is 9.48 Å². The van der Waals surface area contributed by atoms with Crippen molar-refractivity contribution < 1.29 is 4.79 Å². The molecule has 0 spiro atoms. The Hall–Kier alpha value is -1.83. The number of anilines is 2. The van der Waals surface area contributed by atoms with Crippen LogP contribution < -0.4 is 10.6 Å². The van der Waals surface area contributed by atoms with Crippen LogP contribution >= 0.6 is 35.4 Å². The van der Waals surface area contributed by atoms with Gasteiger partial charge in [-0.1, -0.05) is 23.2 Å². The monoisotopic (exact) mass is 411 g/mol. The van der Waals surface area contributed by atoms with E-state index in [1.807, 2.05) is 4.90 Å². The first-order valence-electron chi connectivity index (χ1n) is 8.30. The Morgan fingerprint density at radius 1 is 1.15 bits per heavy atom. The smallest absolute Gasteiger partial charge is 0.274 e. The first-order valence-corrected chi connectivity index (χ1v) is 9.46. The molecule has 0 unspecified atom stereocenters. The lowest BCUT2D eigenvalue weighted by Crippen LogP contribution is -2.37. The molecule has 0 bridgehead atoms. The van der Waals surface area contributed by atoms with Gasteiger partial charge in [-0.25, -0.2) is 0 Å². The van der Waals surface area contributed by atoms with Gasteiger partial charge in [-0.05, 0) is 49.7 Å². The number of carbonyl (C=O) groups is 1. The zero-order chi connectivity index (χ0) is 18.7. The van der Waals surface area contributed by atoms with E-state index in [0.29, 0.717) is 32.2 Å². The molecule has 0 atom stereocenters. The SMILES string of the molecule is Cn1ncc(NC(=S)Nc2cc(Cl)ccc2Cl)c1C(=O)N1CCCCC1. The largest absolute Gasteiger partial charge is 0.337 e. The number of aryl methyl sites for hydroxylation is 1. The Kier molecular flexibility index (Phi) is 6.01. The number of nitrogens with zero attached hydrogens (tertiary/aromatic N) is 3. The Morgan fingerprint density at radius 2 is 1.85 bits per heavy atom. The number of amides is 1. The van der Waals surface area contributed by atoms with Crippen LogP contribution in [0.25, 0.3) is 0 Å². The summed E-state index contributed by atoms with van der Waals surface area (Å²) < 4.78 is 1.56. The highest BCUT2D eigenvalue weighted by Crippen LogP contribution is 2.26. The summed E-state index contributed by atoms with van der Waals surface area (Å²) in [5, 5.41) is 11.6. The van der Waals surface area contributed by atoms with E-state index in [1.165, 1.54) is 0 Å². The molecule has 3 rings (SSSR count). The number of carbonyl (C=O) groups excluding carboxylic acids is 1. The molecule has 138 valence electrons. The molecule has 1 fully saturated rings. The number of aromatic nitrogens is 2. The lowest BCUT2D eigenvalue weighted by Gasteiger charge is -2.27. The summed E-state index contributed by atoms with van der Waals surface area (Å²) >= 11 is 17.5. The average Bonchev–Trinajstić information content (AvgIpc) is 2.98. The number of nitrogens with one attached hydrogen (secondary N) is 2. The molecule has 1 aliphatic rings. The molecule has 2 aromatic rings. The number of rotatable bonds is 3. The van der Waals surface area contributed by atoms with Gasteiger partial charge in [0.25, 0.3) is 5.91 Å². The number of halogens is 2. The molecular weight excluding hydrogens is 393 g/mol. The fraction of sp³-hybridized carbons (Fsp3) is 0.353. The quantitative estimate of drug-likeness (QED) is 0.742. The van der Waals surface area contributed by atoms with Crippen molar-refractivity contribution in [2.24, 2.45) is 7.05 Å². The van der Waals surface area contributed by atoms with Crippen molar-refractivity contribution in [2.45, 2.75) is 19.3 Å². The maximum absolute atomic E-state index is 12.9. The topological polar surface area (TPSA) is 62.2 Å². The molecule has 26 heavy (non-hydrogen) atoms. The van der Waals surface area contributed by atoms with E-state index in [1.54, 1.807) is 36.1 Å². The highest BCUT2D eigenvalue weighted by Gasteiger charge is 2.24. The fourth-order valence-corrected chi connectivity index (χ4v) is 3.46. The minimum atomic E-state index is -0.0456. The summed E-state index contributed by atoms with van der Waals surface area (Å²) in [5.74, 6) is -0.0456. The second-order valence-electron chi connectivity index (χ2n) is 6.09. The molecule has 1 amide bonds. The maximum atomic E-state index is 12.9. The van der Waals surface area contributed by atoms with Gasteiger partial charge in [0.1, 0.15) is 5.69 Å². The predicted octanol–water partition coefficient (Wildman–Crippen LogP) is 4.16. The third-order valence-corrected chi connectivity index (χ3v) is 4.98. The average molecular weight is 412 g/mol. The number of piperidine rings is 1. The van der Waals surface area contributed by atoms with E-state index in [0.717, 1.165) is 32.4 Å². The Morgan fingerprint density at radius 3 is 2.58 bits per heavy atom. The highest BCUT2D eigenvalue weighted by molar-refractivity contribution is 7.80. The summed E-state index contributed by atoms with van der Waals surface area (Å²) in [6, 6.07) is 5.06. The molecule has 1 aromatic heterocycles. The molecule has 1 aromatic carbocycles. The normalized spacial score (nSPS) is 14.2. The molecule has 9 heteroatoms. The van der Waals surface area contributed by atoms with Crippen molar-refractivity contribution in [1.29, 1.82) is 0 Å². The fourth-order valence-electron chi connectivity index (χ4n) is 2.90. The van der Waals surface area contributed by atoms with Crippen molar-refractivity contribution in [3.8, 4) is 0 Å². The van der Waals surface area contributed by atoms with E-state index in [2.05, 4.69) is 15.7 Å². The zero-order valence-corrected chi connectivity index (χ0v) is 16.6. The molecule has 1 aliphatic heterocycles. The third kappa shape index (κ3) is 4.28. The Bertz CT molecular complexity index is 833. The molecule has 1 saturated heterocycles. The molecule has 6 nitrogen and oxygen atoms in total.